The monoisotopic (exact) mass is 176 g/mol. The molecule has 0 N–H and O–H groups in total. The second kappa shape index (κ2) is 3.41. The van der Waals surface area contributed by atoms with Crippen LogP contribution in [0.15, 0.2) is 41.7 Å². The molecule has 0 fully saturated rings. The summed E-state index contributed by atoms with van der Waals surface area (Å²) >= 11 is 0. The van der Waals surface area contributed by atoms with Crippen LogP contribution in [0, 0.1) is 0 Å². The Hall–Kier alpha value is -0.610. The molecule has 0 amide bonds. The van der Waals surface area contributed by atoms with Gasteiger partial charge in [-0.3, -0.25) is 0 Å². The first kappa shape index (κ1) is 8.01. The molecule has 1 aliphatic rings. The zero-order valence-corrected chi connectivity index (χ0v) is 8.22. The zero-order chi connectivity index (χ0) is 8.39. The topological polar surface area (TPSA) is 0 Å². The standard InChI is InChI=1S/C11H13P/c1-10-7-8-12(9-10)11-5-3-2-4-6-11/h2-6,9H,7-8H2,1H3. The van der Waals surface area contributed by atoms with Crippen molar-refractivity contribution in [2.45, 2.75) is 13.3 Å². The van der Waals surface area contributed by atoms with Gasteiger partial charge in [0, 0.05) is 0 Å². The lowest BCUT2D eigenvalue weighted by molar-refractivity contribution is 1.14. The van der Waals surface area contributed by atoms with Crippen molar-refractivity contribution in [3.05, 3.63) is 41.7 Å². The minimum atomic E-state index is 0.0584. The van der Waals surface area contributed by atoms with Crippen molar-refractivity contribution in [1.29, 1.82) is 0 Å². The van der Waals surface area contributed by atoms with E-state index in [9.17, 15) is 0 Å². The van der Waals surface area contributed by atoms with E-state index < -0.39 is 0 Å². The molecule has 0 saturated heterocycles. The molecule has 1 heteroatoms. The van der Waals surface area contributed by atoms with Gasteiger partial charge in [-0.1, -0.05) is 49.6 Å². The summed E-state index contributed by atoms with van der Waals surface area (Å²) in [4.78, 5) is 0. The van der Waals surface area contributed by atoms with Crippen LogP contribution in [0.2, 0.25) is 0 Å². The van der Waals surface area contributed by atoms with Gasteiger partial charge in [0.2, 0.25) is 0 Å². The Morgan fingerprint density at radius 2 is 1.92 bits per heavy atom. The van der Waals surface area contributed by atoms with Gasteiger partial charge in [0.15, 0.2) is 0 Å². The van der Waals surface area contributed by atoms with Crippen molar-refractivity contribution in [3.63, 3.8) is 0 Å². The summed E-state index contributed by atoms with van der Waals surface area (Å²) in [7, 11) is 0.0584. The Labute approximate surface area is 75.1 Å². The fraction of sp³-hybridized carbons (Fsp3) is 0.273. The third-order valence-electron chi connectivity index (χ3n) is 2.21. The van der Waals surface area contributed by atoms with Crippen molar-refractivity contribution in [2.75, 3.05) is 6.16 Å². The molecule has 0 radical (unpaired) electrons. The van der Waals surface area contributed by atoms with Crippen LogP contribution in [0.3, 0.4) is 0 Å². The van der Waals surface area contributed by atoms with Crippen LogP contribution in [0.5, 0.6) is 0 Å². The van der Waals surface area contributed by atoms with E-state index in [-0.39, 0.29) is 7.92 Å². The van der Waals surface area contributed by atoms with E-state index in [4.69, 9.17) is 0 Å². The first-order valence-corrected chi connectivity index (χ1v) is 5.95. The lowest BCUT2D eigenvalue weighted by Gasteiger charge is -2.06. The molecule has 0 spiro atoms. The van der Waals surface area contributed by atoms with Crippen molar-refractivity contribution in [1.82, 2.24) is 0 Å². The van der Waals surface area contributed by atoms with Gasteiger partial charge in [0.25, 0.3) is 0 Å². The molecule has 2 rings (SSSR count). The summed E-state index contributed by atoms with van der Waals surface area (Å²) in [5.74, 6) is 2.46. The molecule has 0 aliphatic carbocycles. The van der Waals surface area contributed by atoms with E-state index >= 15 is 0 Å². The van der Waals surface area contributed by atoms with E-state index in [1.807, 2.05) is 0 Å². The summed E-state index contributed by atoms with van der Waals surface area (Å²) in [5.41, 5.74) is 1.57. The minimum absolute atomic E-state index is 0.0584. The third-order valence-corrected chi connectivity index (χ3v) is 4.63. The minimum Gasteiger partial charge on any atom is -0.0722 e. The normalized spacial score (nSPS) is 22.4. The SMILES string of the molecule is CC1=CP(c2ccccc2)CC1. The molecule has 1 unspecified atom stereocenters. The molecule has 1 aromatic carbocycles. The van der Waals surface area contributed by atoms with Gasteiger partial charge >= 0.3 is 0 Å². The van der Waals surface area contributed by atoms with Crippen molar-refractivity contribution >= 4 is 13.2 Å². The predicted octanol–water partition coefficient (Wildman–Crippen LogP) is 3.10. The maximum atomic E-state index is 2.46. The number of benzene rings is 1. The molecule has 12 heavy (non-hydrogen) atoms. The van der Waals surface area contributed by atoms with Crippen LogP contribution < -0.4 is 5.30 Å². The lowest BCUT2D eigenvalue weighted by Crippen LogP contribution is -1.97. The summed E-state index contributed by atoms with van der Waals surface area (Å²) in [5, 5.41) is 1.53. The van der Waals surface area contributed by atoms with Crippen molar-refractivity contribution in [2.24, 2.45) is 0 Å². The fourth-order valence-corrected chi connectivity index (χ4v) is 3.86. The first-order valence-electron chi connectivity index (χ1n) is 4.35. The number of hydrogen-bond acceptors (Lipinski definition) is 0. The third kappa shape index (κ3) is 1.59. The molecular formula is C11H13P. The van der Waals surface area contributed by atoms with E-state index in [1.165, 1.54) is 17.9 Å². The summed E-state index contributed by atoms with van der Waals surface area (Å²) in [6.45, 7) is 2.24. The van der Waals surface area contributed by atoms with Gasteiger partial charge in [-0.05, 0) is 24.8 Å². The maximum absolute atomic E-state index is 2.46. The molecule has 1 atom stereocenters. The number of allylic oxidation sites excluding steroid dienone is 1. The van der Waals surface area contributed by atoms with Crippen molar-refractivity contribution in [3.8, 4) is 0 Å². The highest BCUT2D eigenvalue weighted by Crippen LogP contribution is 2.44. The van der Waals surface area contributed by atoms with Crippen LogP contribution in [-0.4, -0.2) is 6.16 Å². The average molecular weight is 176 g/mol. The van der Waals surface area contributed by atoms with Gasteiger partial charge in [-0.25, -0.2) is 0 Å². The fourth-order valence-electron chi connectivity index (χ4n) is 1.52. The Morgan fingerprint density at radius 1 is 1.17 bits per heavy atom. The predicted molar refractivity (Wildman–Crippen MR) is 56.2 cm³/mol. The Balaban J connectivity index is 2.22. The highest BCUT2D eigenvalue weighted by molar-refractivity contribution is 7.68. The molecule has 1 heterocycles. The Bertz CT molecular complexity index is 287. The molecule has 0 saturated carbocycles. The van der Waals surface area contributed by atoms with Gasteiger partial charge in [-0.15, -0.1) is 0 Å². The molecule has 0 nitrogen and oxygen atoms in total. The van der Waals surface area contributed by atoms with Crippen LogP contribution in [0.4, 0.5) is 0 Å². The second-order valence-corrected chi connectivity index (χ2v) is 5.42. The molecule has 1 aliphatic heterocycles. The van der Waals surface area contributed by atoms with E-state index in [1.54, 1.807) is 5.57 Å². The summed E-state index contributed by atoms with van der Waals surface area (Å²) in [6.07, 6.45) is 2.67. The zero-order valence-electron chi connectivity index (χ0n) is 7.33. The largest absolute Gasteiger partial charge is 0.0722 e. The number of rotatable bonds is 1. The van der Waals surface area contributed by atoms with Gasteiger partial charge < -0.3 is 0 Å². The second-order valence-electron chi connectivity index (χ2n) is 3.25. The molecule has 0 bridgehead atoms. The van der Waals surface area contributed by atoms with Gasteiger partial charge in [-0.2, -0.15) is 0 Å². The molecular weight excluding hydrogens is 163 g/mol. The van der Waals surface area contributed by atoms with Gasteiger partial charge in [0.1, 0.15) is 0 Å². The van der Waals surface area contributed by atoms with E-state index in [0.717, 1.165) is 0 Å². The highest BCUT2D eigenvalue weighted by Gasteiger charge is 2.13. The smallest absolute Gasteiger partial charge is 0.0201 e. The number of hydrogen-bond donors (Lipinski definition) is 0. The van der Waals surface area contributed by atoms with Crippen molar-refractivity contribution < 1.29 is 0 Å². The molecule has 1 aromatic rings. The van der Waals surface area contributed by atoms with E-state index in [0.29, 0.717) is 0 Å². The highest BCUT2D eigenvalue weighted by atomic mass is 31.1. The summed E-state index contributed by atoms with van der Waals surface area (Å²) in [6, 6.07) is 10.9. The maximum Gasteiger partial charge on any atom is -0.0201 e. The van der Waals surface area contributed by atoms with Crippen LogP contribution in [0.25, 0.3) is 0 Å². The van der Waals surface area contributed by atoms with Gasteiger partial charge in [0.05, 0.1) is 0 Å². The molecule has 62 valence electrons. The van der Waals surface area contributed by atoms with Crippen LogP contribution >= 0.6 is 7.92 Å². The van der Waals surface area contributed by atoms with Crippen LogP contribution in [0.1, 0.15) is 13.3 Å². The Morgan fingerprint density at radius 3 is 2.50 bits per heavy atom. The van der Waals surface area contributed by atoms with Crippen LogP contribution in [-0.2, 0) is 0 Å². The van der Waals surface area contributed by atoms with E-state index in [2.05, 4.69) is 43.1 Å². The lowest BCUT2D eigenvalue weighted by atomic mass is 10.3. The first-order chi connectivity index (χ1) is 5.86. The Kier molecular flexibility index (Phi) is 2.28. The quantitative estimate of drug-likeness (QED) is 0.577. The average Bonchev–Trinajstić information content (AvgIpc) is 2.54. The molecule has 0 aromatic heterocycles. The summed E-state index contributed by atoms with van der Waals surface area (Å²) < 4.78 is 0.